The van der Waals surface area contributed by atoms with Gasteiger partial charge in [-0.25, -0.2) is 24.3 Å². The van der Waals surface area contributed by atoms with Gasteiger partial charge in [-0.15, -0.1) is 0 Å². The number of pyridine rings is 1. The highest BCUT2D eigenvalue weighted by Gasteiger charge is 2.44. The molecule has 34 heavy (non-hydrogen) atoms. The van der Waals surface area contributed by atoms with Crippen LogP contribution in [-0.2, 0) is 4.79 Å². The molecule has 3 saturated carbocycles. The monoisotopic (exact) mass is 455 g/mol. The Morgan fingerprint density at radius 2 is 1.88 bits per heavy atom. The lowest BCUT2D eigenvalue weighted by atomic mass is 9.63. The van der Waals surface area contributed by atoms with E-state index in [2.05, 4.69) is 9.97 Å². The molecule has 0 aliphatic heterocycles. The molecule has 1 atom stereocenters. The normalized spacial score (nSPS) is 23.0. The van der Waals surface area contributed by atoms with Gasteiger partial charge in [-0.2, -0.15) is 0 Å². The zero-order chi connectivity index (χ0) is 23.2. The summed E-state index contributed by atoms with van der Waals surface area (Å²) in [4.78, 5) is 33.5. The van der Waals surface area contributed by atoms with Crippen molar-refractivity contribution in [2.45, 2.75) is 25.7 Å². The van der Waals surface area contributed by atoms with Crippen molar-refractivity contribution in [2.24, 2.45) is 22.7 Å². The third kappa shape index (κ3) is 3.55. The van der Waals surface area contributed by atoms with Gasteiger partial charge in [0.25, 0.3) is 0 Å². The van der Waals surface area contributed by atoms with E-state index in [0.29, 0.717) is 39.6 Å². The molecule has 3 aliphatic carbocycles. The van der Waals surface area contributed by atoms with E-state index in [4.69, 9.17) is 15.0 Å². The second-order valence-corrected chi connectivity index (χ2v) is 9.02. The number of halogens is 1. The van der Waals surface area contributed by atoms with E-state index in [1.54, 1.807) is 12.3 Å². The molecule has 7 nitrogen and oxygen atoms in total. The maximum absolute atomic E-state index is 14.0. The standard InChI is InChI=1S/C26H22FN5O2/c27-17-10-18-19(13-29-24(18)28-12-17)25-30-20(14-4-2-1-3-5-14)11-21(32-25)31-23-16-8-6-15(7-9-16)22(23)26(33)34/h1-5,10-13,15-16,22H,6-9H2,(H,28,29)(H,33,34)/b31-23+/t15?,16?,22-/m0/s1. The summed E-state index contributed by atoms with van der Waals surface area (Å²) in [5.74, 6) is -0.754. The van der Waals surface area contributed by atoms with Crippen molar-refractivity contribution in [3.05, 3.63) is 60.7 Å². The van der Waals surface area contributed by atoms with Gasteiger partial charge in [0.05, 0.1) is 17.8 Å². The molecular weight excluding hydrogens is 433 g/mol. The average molecular weight is 455 g/mol. The molecule has 0 unspecified atom stereocenters. The van der Waals surface area contributed by atoms with Crippen molar-refractivity contribution in [3.63, 3.8) is 0 Å². The van der Waals surface area contributed by atoms with Crippen LogP contribution in [0.1, 0.15) is 25.7 Å². The highest BCUT2D eigenvalue weighted by molar-refractivity contribution is 6.05. The fraction of sp³-hybridized carbons (Fsp3) is 0.269. The van der Waals surface area contributed by atoms with Gasteiger partial charge in [0.15, 0.2) is 11.6 Å². The molecule has 3 fully saturated rings. The lowest BCUT2D eigenvalue weighted by Gasteiger charge is -2.41. The average Bonchev–Trinajstić information content (AvgIpc) is 3.28. The quantitative estimate of drug-likeness (QED) is 0.428. The van der Waals surface area contributed by atoms with Gasteiger partial charge in [-0.05, 0) is 43.6 Å². The molecule has 7 rings (SSSR count). The summed E-state index contributed by atoms with van der Waals surface area (Å²) in [7, 11) is 0. The number of H-pyrrole nitrogens is 1. The number of aliphatic imine (C=N–C) groups is 1. The second-order valence-electron chi connectivity index (χ2n) is 9.02. The zero-order valence-electron chi connectivity index (χ0n) is 18.3. The zero-order valence-corrected chi connectivity index (χ0v) is 18.3. The van der Waals surface area contributed by atoms with Gasteiger partial charge in [0, 0.05) is 34.5 Å². The molecule has 3 heterocycles. The van der Waals surface area contributed by atoms with Crippen LogP contribution in [-0.4, -0.2) is 36.7 Å². The number of aliphatic carboxylic acids is 1. The first-order chi connectivity index (χ1) is 16.6. The first-order valence-corrected chi connectivity index (χ1v) is 11.5. The Bertz CT molecular complexity index is 1420. The Kier molecular flexibility index (Phi) is 4.94. The Morgan fingerprint density at radius 1 is 1.09 bits per heavy atom. The van der Waals surface area contributed by atoms with E-state index >= 15 is 0 Å². The van der Waals surface area contributed by atoms with Gasteiger partial charge in [0.2, 0.25) is 0 Å². The van der Waals surface area contributed by atoms with Crippen LogP contribution in [0, 0.1) is 23.6 Å². The third-order valence-electron chi connectivity index (χ3n) is 7.01. The van der Waals surface area contributed by atoms with Crippen LogP contribution in [0.3, 0.4) is 0 Å². The Labute approximate surface area is 194 Å². The summed E-state index contributed by atoms with van der Waals surface area (Å²) in [6, 6.07) is 12.9. The third-order valence-corrected chi connectivity index (χ3v) is 7.01. The fourth-order valence-electron chi connectivity index (χ4n) is 5.40. The summed E-state index contributed by atoms with van der Waals surface area (Å²) in [5, 5.41) is 10.5. The number of hydrogen-bond acceptors (Lipinski definition) is 5. The molecule has 0 spiro atoms. The summed E-state index contributed by atoms with van der Waals surface area (Å²) >= 11 is 0. The predicted octanol–water partition coefficient (Wildman–Crippen LogP) is 5.42. The van der Waals surface area contributed by atoms with Crippen LogP contribution in [0.4, 0.5) is 10.2 Å². The molecule has 4 aromatic rings. The largest absolute Gasteiger partial charge is 0.481 e. The summed E-state index contributed by atoms with van der Waals surface area (Å²) in [5.41, 5.74) is 3.41. The predicted molar refractivity (Wildman–Crippen MR) is 126 cm³/mol. The number of carbonyl (C=O) groups is 1. The van der Waals surface area contributed by atoms with Crippen LogP contribution in [0.2, 0.25) is 0 Å². The number of carboxylic acids is 1. The molecule has 1 aromatic carbocycles. The van der Waals surface area contributed by atoms with Crippen molar-refractivity contribution in [1.82, 2.24) is 19.9 Å². The Morgan fingerprint density at radius 3 is 2.65 bits per heavy atom. The number of rotatable bonds is 4. The molecule has 2 bridgehead atoms. The second kappa shape index (κ2) is 8.13. The maximum Gasteiger partial charge on any atom is 0.312 e. The van der Waals surface area contributed by atoms with Crippen molar-refractivity contribution >= 4 is 28.5 Å². The van der Waals surface area contributed by atoms with Crippen LogP contribution < -0.4 is 0 Å². The van der Waals surface area contributed by atoms with Crippen LogP contribution in [0.5, 0.6) is 0 Å². The summed E-state index contributed by atoms with van der Waals surface area (Å²) < 4.78 is 14.0. The number of nitrogens with zero attached hydrogens (tertiary/aromatic N) is 4. The SMILES string of the molecule is O=C(O)[C@@H]1/C(=N/c2cc(-c3ccccc3)nc(-c3c[nH]c4ncc(F)cc34)n2)C2CCC1CC2. The number of hydrogen-bond donors (Lipinski definition) is 2. The van der Waals surface area contributed by atoms with E-state index in [-0.39, 0.29) is 11.8 Å². The van der Waals surface area contributed by atoms with E-state index in [1.807, 2.05) is 30.3 Å². The van der Waals surface area contributed by atoms with E-state index in [1.165, 1.54) is 6.07 Å². The minimum absolute atomic E-state index is 0.124. The first kappa shape index (κ1) is 20.7. The lowest BCUT2D eigenvalue weighted by molar-refractivity contribution is -0.142. The van der Waals surface area contributed by atoms with Gasteiger partial charge in [-0.1, -0.05) is 30.3 Å². The molecule has 170 valence electrons. The maximum atomic E-state index is 14.0. The number of aromatic amines is 1. The number of carboxylic acid groups (broad SMARTS) is 1. The summed E-state index contributed by atoms with van der Waals surface area (Å²) in [6.45, 7) is 0. The number of aromatic nitrogens is 4. The molecule has 2 N–H and O–H groups in total. The summed E-state index contributed by atoms with van der Waals surface area (Å²) in [6.07, 6.45) is 6.65. The Balaban J connectivity index is 1.53. The van der Waals surface area contributed by atoms with Crippen molar-refractivity contribution < 1.29 is 14.3 Å². The minimum Gasteiger partial charge on any atom is -0.481 e. The number of nitrogens with one attached hydrogen (secondary N) is 1. The molecule has 3 aliphatic rings. The molecule has 3 aromatic heterocycles. The molecule has 0 radical (unpaired) electrons. The lowest BCUT2D eigenvalue weighted by Crippen LogP contribution is -2.44. The van der Waals surface area contributed by atoms with Crippen molar-refractivity contribution in [1.29, 1.82) is 0 Å². The van der Waals surface area contributed by atoms with Crippen LogP contribution in [0.25, 0.3) is 33.7 Å². The van der Waals surface area contributed by atoms with Gasteiger partial charge in [-0.3, -0.25) is 4.79 Å². The van der Waals surface area contributed by atoms with Crippen molar-refractivity contribution in [2.75, 3.05) is 0 Å². The Hall–Kier alpha value is -3.94. The topological polar surface area (TPSA) is 104 Å². The first-order valence-electron chi connectivity index (χ1n) is 11.5. The van der Waals surface area contributed by atoms with E-state index in [9.17, 15) is 14.3 Å². The van der Waals surface area contributed by atoms with E-state index in [0.717, 1.165) is 37.4 Å². The van der Waals surface area contributed by atoms with Crippen LogP contribution in [0.15, 0.2) is 59.9 Å². The molecular formula is C26H22FN5O2. The minimum atomic E-state index is -0.816. The van der Waals surface area contributed by atoms with Gasteiger partial charge >= 0.3 is 5.97 Å². The smallest absolute Gasteiger partial charge is 0.312 e. The molecule has 0 amide bonds. The van der Waals surface area contributed by atoms with Crippen molar-refractivity contribution in [3.8, 4) is 22.6 Å². The van der Waals surface area contributed by atoms with Gasteiger partial charge in [0.1, 0.15) is 11.5 Å². The van der Waals surface area contributed by atoms with Gasteiger partial charge < -0.3 is 10.1 Å². The molecule has 0 saturated heterocycles. The highest BCUT2D eigenvalue weighted by atomic mass is 19.1. The molecule has 8 heteroatoms. The van der Waals surface area contributed by atoms with E-state index < -0.39 is 17.7 Å². The fourth-order valence-corrected chi connectivity index (χ4v) is 5.40. The number of fused-ring (bicyclic) bond motifs is 4. The highest BCUT2D eigenvalue weighted by Crippen LogP contribution is 2.44. The van der Waals surface area contributed by atoms with Crippen LogP contribution >= 0.6 is 0 Å². The number of benzene rings is 1.